The lowest BCUT2D eigenvalue weighted by atomic mass is 9.84. The number of hydrogen-bond acceptors (Lipinski definition) is 0. The number of nitrogens with zero attached hydrogens (tertiary/aromatic N) is 1. The van der Waals surface area contributed by atoms with Gasteiger partial charge in [-0.25, -0.2) is 0 Å². The SMILES string of the molecule is C=C(C)/C=C/[C@]1(C2CC2)c2ccccc2-c2cccc[n+]21. The molecule has 0 radical (unpaired) electrons. The van der Waals surface area contributed by atoms with E-state index in [9.17, 15) is 0 Å². The molecular weight excluding hydrogens is 254 g/mol. The summed E-state index contributed by atoms with van der Waals surface area (Å²) in [6.07, 6.45) is 9.40. The minimum absolute atomic E-state index is 0.0217. The molecular formula is C20H20N+. The second-order valence-electron chi connectivity index (χ2n) is 6.28. The number of hydrogen-bond donors (Lipinski definition) is 0. The fourth-order valence-electron chi connectivity index (χ4n) is 3.69. The highest BCUT2D eigenvalue weighted by molar-refractivity contribution is 5.67. The standard InChI is InChI=1S/C20H20N/c1-15(2)12-13-20(16-10-11-16)18-8-4-3-7-17(18)19-9-5-6-14-21(19)20/h3-9,12-14,16H,1,10-11H2,2H3/q+1/b13-12+/t20-/m0/s1. The van der Waals surface area contributed by atoms with Crippen LogP contribution in [0, 0.1) is 5.92 Å². The minimum atomic E-state index is -0.0217. The van der Waals surface area contributed by atoms with Crippen molar-refractivity contribution in [1.82, 2.24) is 0 Å². The second-order valence-corrected chi connectivity index (χ2v) is 6.28. The van der Waals surface area contributed by atoms with Gasteiger partial charge in [0.2, 0.25) is 11.2 Å². The fourth-order valence-corrected chi connectivity index (χ4v) is 3.69. The number of fused-ring (bicyclic) bond motifs is 3. The molecule has 1 heteroatoms. The summed E-state index contributed by atoms with van der Waals surface area (Å²) >= 11 is 0. The molecule has 0 saturated heterocycles. The number of rotatable bonds is 3. The van der Waals surface area contributed by atoms with Crippen LogP contribution in [-0.2, 0) is 5.54 Å². The highest BCUT2D eigenvalue weighted by atomic mass is 15.1. The number of allylic oxidation sites excluding steroid dienone is 3. The smallest absolute Gasteiger partial charge is 0.184 e. The minimum Gasteiger partial charge on any atom is -0.184 e. The van der Waals surface area contributed by atoms with Crippen LogP contribution in [0.1, 0.15) is 25.3 Å². The largest absolute Gasteiger partial charge is 0.216 e. The highest BCUT2D eigenvalue weighted by Crippen LogP contribution is 2.52. The van der Waals surface area contributed by atoms with Gasteiger partial charge in [0.1, 0.15) is 0 Å². The van der Waals surface area contributed by atoms with E-state index in [0.29, 0.717) is 5.92 Å². The summed E-state index contributed by atoms with van der Waals surface area (Å²) in [5.74, 6) is 0.697. The van der Waals surface area contributed by atoms with E-state index in [2.05, 4.69) is 78.9 Å². The van der Waals surface area contributed by atoms with Crippen molar-refractivity contribution < 1.29 is 4.57 Å². The molecule has 0 unspecified atom stereocenters. The van der Waals surface area contributed by atoms with E-state index in [1.807, 2.05) is 0 Å². The fraction of sp³-hybridized carbons (Fsp3) is 0.250. The van der Waals surface area contributed by atoms with Crippen LogP contribution < -0.4 is 4.57 Å². The maximum Gasteiger partial charge on any atom is 0.216 e. The summed E-state index contributed by atoms with van der Waals surface area (Å²) in [7, 11) is 0. The first-order chi connectivity index (χ1) is 10.2. The molecule has 1 nitrogen and oxygen atoms in total. The second kappa shape index (κ2) is 4.42. The van der Waals surface area contributed by atoms with Gasteiger partial charge in [0, 0.05) is 23.6 Å². The summed E-state index contributed by atoms with van der Waals surface area (Å²) < 4.78 is 2.47. The van der Waals surface area contributed by atoms with Crippen LogP contribution in [0.5, 0.6) is 0 Å². The van der Waals surface area contributed by atoms with E-state index in [-0.39, 0.29) is 5.54 Å². The van der Waals surface area contributed by atoms with Gasteiger partial charge in [-0.3, -0.25) is 0 Å². The molecule has 1 aliphatic heterocycles. The zero-order chi connectivity index (χ0) is 14.4. The van der Waals surface area contributed by atoms with Crippen molar-refractivity contribution in [1.29, 1.82) is 0 Å². The molecule has 0 N–H and O–H groups in total. The summed E-state index contributed by atoms with van der Waals surface area (Å²) in [5.41, 5.74) is 5.22. The summed E-state index contributed by atoms with van der Waals surface area (Å²) in [6, 6.07) is 15.4. The molecule has 1 saturated carbocycles. The van der Waals surface area contributed by atoms with E-state index in [1.54, 1.807) is 0 Å². The zero-order valence-electron chi connectivity index (χ0n) is 12.4. The summed E-state index contributed by atoms with van der Waals surface area (Å²) in [6.45, 7) is 6.11. The molecule has 1 aliphatic carbocycles. The summed E-state index contributed by atoms with van der Waals surface area (Å²) in [5, 5.41) is 0. The average Bonchev–Trinajstić information content (AvgIpc) is 3.30. The van der Waals surface area contributed by atoms with Crippen molar-refractivity contribution in [2.45, 2.75) is 25.3 Å². The van der Waals surface area contributed by atoms with Crippen molar-refractivity contribution in [3.05, 3.63) is 78.5 Å². The Kier molecular flexibility index (Phi) is 2.65. The van der Waals surface area contributed by atoms with E-state index in [4.69, 9.17) is 0 Å². The average molecular weight is 274 g/mol. The topological polar surface area (TPSA) is 3.88 Å². The maximum absolute atomic E-state index is 4.04. The monoisotopic (exact) mass is 274 g/mol. The lowest BCUT2D eigenvalue weighted by Gasteiger charge is -2.22. The van der Waals surface area contributed by atoms with Crippen molar-refractivity contribution in [2.75, 3.05) is 0 Å². The molecule has 104 valence electrons. The Hall–Kier alpha value is -2.15. The van der Waals surface area contributed by atoms with Gasteiger partial charge in [0.05, 0.1) is 5.56 Å². The van der Waals surface area contributed by atoms with E-state index in [1.165, 1.54) is 29.7 Å². The van der Waals surface area contributed by atoms with Crippen LogP contribution in [0.15, 0.2) is 73.0 Å². The Labute approximate surface area is 126 Å². The van der Waals surface area contributed by atoms with Crippen LogP contribution >= 0.6 is 0 Å². The van der Waals surface area contributed by atoms with Gasteiger partial charge >= 0.3 is 0 Å². The predicted octanol–water partition coefficient (Wildman–Crippen LogP) is 4.24. The number of benzene rings is 1. The maximum atomic E-state index is 4.04. The van der Waals surface area contributed by atoms with Crippen LogP contribution in [0.3, 0.4) is 0 Å². The number of pyridine rings is 1. The lowest BCUT2D eigenvalue weighted by Crippen LogP contribution is -2.54. The Balaban J connectivity index is 2.03. The van der Waals surface area contributed by atoms with Crippen molar-refractivity contribution in [3.63, 3.8) is 0 Å². The lowest BCUT2D eigenvalue weighted by molar-refractivity contribution is -0.731. The van der Waals surface area contributed by atoms with Crippen LogP contribution in [-0.4, -0.2) is 0 Å². The van der Waals surface area contributed by atoms with Gasteiger partial charge in [0.25, 0.3) is 0 Å². The van der Waals surface area contributed by atoms with Crippen LogP contribution in [0.4, 0.5) is 0 Å². The highest BCUT2D eigenvalue weighted by Gasteiger charge is 2.58. The molecule has 4 rings (SSSR count). The molecule has 1 aromatic carbocycles. The third-order valence-corrected chi connectivity index (χ3v) is 4.71. The Morgan fingerprint density at radius 2 is 1.95 bits per heavy atom. The van der Waals surface area contributed by atoms with E-state index in [0.717, 1.165) is 5.57 Å². The van der Waals surface area contributed by atoms with Crippen LogP contribution in [0.2, 0.25) is 0 Å². The first-order valence-corrected chi connectivity index (χ1v) is 7.69. The molecule has 1 atom stereocenters. The van der Waals surface area contributed by atoms with E-state index >= 15 is 0 Å². The van der Waals surface area contributed by atoms with Crippen molar-refractivity contribution >= 4 is 0 Å². The van der Waals surface area contributed by atoms with Gasteiger partial charge in [0.15, 0.2) is 6.20 Å². The van der Waals surface area contributed by atoms with Gasteiger partial charge in [-0.15, -0.1) is 0 Å². The van der Waals surface area contributed by atoms with Gasteiger partial charge in [-0.05, 0) is 38.0 Å². The molecule has 2 aromatic rings. The first-order valence-electron chi connectivity index (χ1n) is 7.69. The molecule has 0 amide bonds. The normalized spacial score (nSPS) is 23.1. The predicted molar refractivity (Wildman–Crippen MR) is 85.8 cm³/mol. The molecule has 21 heavy (non-hydrogen) atoms. The molecule has 2 aliphatic rings. The Morgan fingerprint density at radius 1 is 1.19 bits per heavy atom. The van der Waals surface area contributed by atoms with E-state index < -0.39 is 0 Å². The van der Waals surface area contributed by atoms with Crippen LogP contribution in [0.25, 0.3) is 11.3 Å². The van der Waals surface area contributed by atoms with Crippen molar-refractivity contribution in [3.8, 4) is 11.3 Å². The Morgan fingerprint density at radius 3 is 2.71 bits per heavy atom. The molecule has 2 heterocycles. The number of aromatic nitrogens is 1. The third kappa shape index (κ3) is 1.73. The molecule has 1 fully saturated rings. The van der Waals surface area contributed by atoms with Gasteiger partial charge in [-0.1, -0.05) is 36.4 Å². The molecule has 1 aromatic heterocycles. The first kappa shape index (κ1) is 12.6. The summed E-state index contributed by atoms with van der Waals surface area (Å²) in [4.78, 5) is 0. The van der Waals surface area contributed by atoms with Crippen molar-refractivity contribution in [2.24, 2.45) is 5.92 Å². The quantitative estimate of drug-likeness (QED) is 0.582. The van der Waals surface area contributed by atoms with Gasteiger partial charge in [-0.2, -0.15) is 4.57 Å². The molecule has 0 spiro atoms. The third-order valence-electron chi connectivity index (χ3n) is 4.71. The van der Waals surface area contributed by atoms with Gasteiger partial charge < -0.3 is 0 Å². The zero-order valence-corrected chi connectivity index (χ0v) is 12.4. The molecule has 0 bridgehead atoms. The Bertz CT molecular complexity index is 704.